The van der Waals surface area contributed by atoms with Crippen molar-refractivity contribution in [2.45, 2.75) is 117 Å². The van der Waals surface area contributed by atoms with E-state index in [1.165, 1.54) is 32.1 Å². The van der Waals surface area contributed by atoms with E-state index in [1.807, 2.05) is 13.8 Å². The molecule has 2 aliphatic rings. The molecular formula is C23H42N2O3. The number of carbonyl (C=O) groups is 2. The second-order valence-electron chi connectivity index (χ2n) is 10.6. The van der Waals surface area contributed by atoms with Crippen molar-refractivity contribution >= 4 is 12.0 Å². The number of rotatable bonds is 6. The van der Waals surface area contributed by atoms with Gasteiger partial charge in [0.1, 0.15) is 0 Å². The number of hydrogen-bond donors (Lipinski definition) is 2. The highest BCUT2D eigenvalue weighted by Crippen LogP contribution is 2.35. The van der Waals surface area contributed by atoms with E-state index >= 15 is 0 Å². The van der Waals surface area contributed by atoms with E-state index in [-0.39, 0.29) is 29.6 Å². The molecule has 0 heterocycles. The van der Waals surface area contributed by atoms with E-state index < -0.39 is 0 Å². The monoisotopic (exact) mass is 394 g/mol. The third-order valence-corrected chi connectivity index (χ3v) is 6.08. The highest BCUT2D eigenvalue weighted by atomic mass is 16.6. The van der Waals surface area contributed by atoms with Crippen LogP contribution >= 0.6 is 0 Å². The van der Waals surface area contributed by atoms with E-state index in [2.05, 4.69) is 31.4 Å². The fraction of sp³-hybridized carbons (Fsp3) is 0.913. The van der Waals surface area contributed by atoms with Crippen molar-refractivity contribution in [3.8, 4) is 0 Å². The smallest absolute Gasteiger partial charge is 0.407 e. The van der Waals surface area contributed by atoms with Gasteiger partial charge in [0.05, 0.1) is 6.10 Å². The van der Waals surface area contributed by atoms with Crippen LogP contribution in [0.1, 0.15) is 98.8 Å². The van der Waals surface area contributed by atoms with Gasteiger partial charge in [0, 0.05) is 18.5 Å². The van der Waals surface area contributed by atoms with Crippen LogP contribution in [0.2, 0.25) is 0 Å². The molecule has 2 amide bonds. The van der Waals surface area contributed by atoms with Gasteiger partial charge in [-0.25, -0.2) is 4.79 Å². The molecule has 162 valence electrons. The number of carbonyl (C=O) groups excluding carboxylic acids is 2. The van der Waals surface area contributed by atoms with Crippen molar-refractivity contribution < 1.29 is 14.3 Å². The Morgan fingerprint density at radius 3 is 1.75 bits per heavy atom. The summed E-state index contributed by atoms with van der Waals surface area (Å²) in [6.07, 6.45) is 10.8. The minimum absolute atomic E-state index is 0.0561. The van der Waals surface area contributed by atoms with E-state index in [0.29, 0.717) is 12.5 Å². The van der Waals surface area contributed by atoms with Crippen LogP contribution in [0.4, 0.5) is 4.79 Å². The first-order valence-corrected chi connectivity index (χ1v) is 11.4. The SMILES string of the molecule is CC(C)OC(=O)NC1CCC(CC2CCC(NC(=O)CC(C)(C)C)CC2)CC1. The van der Waals surface area contributed by atoms with Gasteiger partial charge in [-0.1, -0.05) is 20.8 Å². The third kappa shape index (κ3) is 8.83. The number of amides is 2. The second-order valence-corrected chi connectivity index (χ2v) is 10.6. The largest absolute Gasteiger partial charge is 0.447 e. The molecule has 0 unspecified atom stereocenters. The summed E-state index contributed by atoms with van der Waals surface area (Å²) < 4.78 is 5.19. The zero-order chi connectivity index (χ0) is 20.7. The molecule has 2 N–H and O–H groups in total. The fourth-order valence-corrected chi connectivity index (χ4v) is 4.73. The molecule has 0 aliphatic heterocycles. The average Bonchev–Trinajstić information content (AvgIpc) is 2.56. The maximum atomic E-state index is 12.1. The standard InChI is InChI=1S/C23H42N2O3/c1-16(2)28-22(27)25-20-12-8-18(9-13-20)14-17-6-10-19(11-7-17)24-21(26)15-23(3,4)5/h16-20H,6-15H2,1-5H3,(H,24,26)(H,25,27). The highest BCUT2D eigenvalue weighted by molar-refractivity contribution is 5.76. The van der Waals surface area contributed by atoms with Gasteiger partial charge in [-0.3, -0.25) is 4.79 Å². The first-order valence-electron chi connectivity index (χ1n) is 11.4. The van der Waals surface area contributed by atoms with Crippen LogP contribution in [-0.4, -0.2) is 30.2 Å². The third-order valence-electron chi connectivity index (χ3n) is 6.08. The Bertz CT molecular complexity index is 496. The second kappa shape index (κ2) is 10.5. The molecule has 2 fully saturated rings. The van der Waals surface area contributed by atoms with E-state index in [1.54, 1.807) is 0 Å². The molecule has 28 heavy (non-hydrogen) atoms. The molecule has 5 nitrogen and oxygen atoms in total. The lowest BCUT2D eigenvalue weighted by Crippen LogP contribution is -2.40. The van der Waals surface area contributed by atoms with Gasteiger partial charge in [-0.2, -0.15) is 0 Å². The van der Waals surface area contributed by atoms with Crippen molar-refractivity contribution in [1.29, 1.82) is 0 Å². The molecule has 0 spiro atoms. The van der Waals surface area contributed by atoms with Crippen LogP contribution in [0.3, 0.4) is 0 Å². The molecule has 0 aromatic rings. The molecule has 0 radical (unpaired) electrons. The van der Waals surface area contributed by atoms with Crippen molar-refractivity contribution in [3.05, 3.63) is 0 Å². The Morgan fingerprint density at radius 2 is 1.32 bits per heavy atom. The summed E-state index contributed by atoms with van der Waals surface area (Å²) in [6.45, 7) is 10.1. The summed E-state index contributed by atoms with van der Waals surface area (Å²) in [5, 5.41) is 6.26. The summed E-state index contributed by atoms with van der Waals surface area (Å²) in [7, 11) is 0. The molecular weight excluding hydrogens is 352 g/mol. The zero-order valence-electron chi connectivity index (χ0n) is 18.7. The Kier molecular flexibility index (Phi) is 8.63. The van der Waals surface area contributed by atoms with Crippen LogP contribution in [-0.2, 0) is 9.53 Å². The van der Waals surface area contributed by atoms with Crippen LogP contribution in [0.15, 0.2) is 0 Å². The summed E-state index contributed by atoms with van der Waals surface area (Å²) >= 11 is 0. The molecule has 2 saturated carbocycles. The summed E-state index contributed by atoms with van der Waals surface area (Å²) in [4.78, 5) is 23.9. The summed E-state index contributed by atoms with van der Waals surface area (Å²) in [6, 6.07) is 0.647. The van der Waals surface area contributed by atoms with Crippen molar-refractivity contribution in [2.75, 3.05) is 0 Å². The molecule has 0 saturated heterocycles. The van der Waals surface area contributed by atoms with Crippen molar-refractivity contribution in [1.82, 2.24) is 10.6 Å². The van der Waals surface area contributed by atoms with Gasteiger partial charge >= 0.3 is 6.09 Å². The number of ether oxygens (including phenoxy) is 1. The van der Waals surface area contributed by atoms with Gasteiger partial charge in [-0.05, 0) is 88.9 Å². The molecule has 0 aromatic carbocycles. The number of nitrogens with one attached hydrogen (secondary N) is 2. The predicted molar refractivity (Wildman–Crippen MR) is 113 cm³/mol. The predicted octanol–water partition coefficient (Wildman–Crippen LogP) is 5.18. The van der Waals surface area contributed by atoms with E-state index in [9.17, 15) is 9.59 Å². The summed E-state index contributed by atoms with van der Waals surface area (Å²) in [5.41, 5.74) is 0.0561. The topological polar surface area (TPSA) is 67.4 Å². The van der Waals surface area contributed by atoms with Crippen LogP contribution in [0.25, 0.3) is 0 Å². The van der Waals surface area contributed by atoms with Crippen LogP contribution in [0, 0.1) is 17.3 Å². The Labute approximate surface area is 171 Å². The molecule has 0 aromatic heterocycles. The van der Waals surface area contributed by atoms with Gasteiger partial charge < -0.3 is 15.4 Å². The summed E-state index contributed by atoms with van der Waals surface area (Å²) in [5.74, 6) is 1.80. The van der Waals surface area contributed by atoms with E-state index in [0.717, 1.165) is 37.5 Å². The minimum atomic E-state index is -0.273. The fourth-order valence-electron chi connectivity index (χ4n) is 4.73. The Morgan fingerprint density at radius 1 is 0.857 bits per heavy atom. The Balaban J connectivity index is 1.61. The zero-order valence-corrected chi connectivity index (χ0v) is 18.7. The number of hydrogen-bond acceptors (Lipinski definition) is 3. The molecule has 5 heteroatoms. The normalized spacial score (nSPS) is 28.6. The van der Waals surface area contributed by atoms with Gasteiger partial charge in [-0.15, -0.1) is 0 Å². The first kappa shape index (κ1) is 23.0. The highest BCUT2D eigenvalue weighted by Gasteiger charge is 2.28. The molecule has 2 rings (SSSR count). The lowest BCUT2D eigenvalue weighted by Gasteiger charge is -2.34. The lowest BCUT2D eigenvalue weighted by molar-refractivity contribution is -0.123. The maximum Gasteiger partial charge on any atom is 0.407 e. The first-order chi connectivity index (χ1) is 13.1. The average molecular weight is 395 g/mol. The molecule has 0 atom stereocenters. The quantitative estimate of drug-likeness (QED) is 0.652. The van der Waals surface area contributed by atoms with Crippen molar-refractivity contribution in [2.24, 2.45) is 17.3 Å². The van der Waals surface area contributed by atoms with Crippen molar-refractivity contribution in [3.63, 3.8) is 0 Å². The van der Waals surface area contributed by atoms with E-state index in [4.69, 9.17) is 4.74 Å². The lowest BCUT2D eigenvalue weighted by atomic mass is 9.75. The maximum absolute atomic E-state index is 12.1. The minimum Gasteiger partial charge on any atom is -0.447 e. The Hall–Kier alpha value is -1.26. The van der Waals surface area contributed by atoms with Gasteiger partial charge in [0.2, 0.25) is 5.91 Å². The van der Waals surface area contributed by atoms with Gasteiger partial charge in [0.15, 0.2) is 0 Å². The van der Waals surface area contributed by atoms with Crippen LogP contribution < -0.4 is 10.6 Å². The van der Waals surface area contributed by atoms with Crippen LogP contribution in [0.5, 0.6) is 0 Å². The molecule has 0 bridgehead atoms. The molecule has 2 aliphatic carbocycles. The number of alkyl carbamates (subject to hydrolysis) is 1. The van der Waals surface area contributed by atoms with Gasteiger partial charge in [0.25, 0.3) is 0 Å².